The molecule has 0 radical (unpaired) electrons. The van der Waals surface area contributed by atoms with E-state index in [1.165, 1.54) is 43.8 Å². The van der Waals surface area contributed by atoms with Gasteiger partial charge >= 0.3 is 0 Å². The summed E-state index contributed by atoms with van der Waals surface area (Å²) in [6.45, 7) is 8.64. The van der Waals surface area contributed by atoms with Gasteiger partial charge in [-0.1, -0.05) is 164 Å². The number of rotatable bonds is 7. The van der Waals surface area contributed by atoms with Crippen LogP contribution in [0.2, 0.25) is 0 Å². The van der Waals surface area contributed by atoms with Crippen molar-refractivity contribution in [2.45, 2.75) is 26.3 Å². The predicted molar refractivity (Wildman–Crippen MR) is 256 cm³/mol. The summed E-state index contributed by atoms with van der Waals surface area (Å²) in [5.41, 5.74) is 15.9. The average molecular weight is 783 g/mol. The number of allylic oxidation sites excluding steroid dienone is 3. The zero-order valence-corrected chi connectivity index (χ0v) is 34.2. The van der Waals surface area contributed by atoms with Crippen LogP contribution in [0.15, 0.2) is 200 Å². The maximum Gasteiger partial charge on any atom is 0.0972 e. The van der Waals surface area contributed by atoms with Gasteiger partial charge in [-0.2, -0.15) is 0 Å². The lowest BCUT2D eigenvalue weighted by molar-refractivity contribution is 0.754. The van der Waals surface area contributed by atoms with Crippen LogP contribution in [-0.2, 0) is 6.42 Å². The highest BCUT2D eigenvalue weighted by molar-refractivity contribution is 6.09. The predicted octanol–water partition coefficient (Wildman–Crippen LogP) is 14.4. The van der Waals surface area contributed by atoms with Gasteiger partial charge in [0.25, 0.3) is 0 Å². The Kier molecular flexibility index (Phi) is 8.86. The topological polar surface area (TPSA) is 50.7 Å². The van der Waals surface area contributed by atoms with Gasteiger partial charge in [0.15, 0.2) is 0 Å². The van der Waals surface area contributed by atoms with Crippen LogP contribution in [0.1, 0.15) is 36.7 Å². The van der Waals surface area contributed by atoms with Gasteiger partial charge in [-0.25, -0.2) is 15.0 Å². The Labute approximate surface area is 355 Å². The highest BCUT2D eigenvalue weighted by atomic mass is 15.0. The van der Waals surface area contributed by atoms with E-state index in [0.717, 1.165) is 84.2 Å². The van der Waals surface area contributed by atoms with Gasteiger partial charge in [0.2, 0.25) is 0 Å². The first-order valence-electron chi connectivity index (χ1n) is 21.0. The van der Waals surface area contributed by atoms with Crippen LogP contribution in [0.4, 0.5) is 0 Å². The number of para-hydroxylation sites is 1. The summed E-state index contributed by atoms with van der Waals surface area (Å²) in [4.78, 5) is 15.8. The maximum atomic E-state index is 5.38. The molecular weight excluding hydrogens is 741 g/mol. The van der Waals surface area contributed by atoms with E-state index >= 15 is 0 Å². The van der Waals surface area contributed by atoms with E-state index in [-0.39, 0.29) is 6.04 Å². The second-order valence-corrected chi connectivity index (χ2v) is 16.3. The van der Waals surface area contributed by atoms with Gasteiger partial charge in [0.05, 0.1) is 45.4 Å². The van der Waals surface area contributed by atoms with Gasteiger partial charge < -0.3 is 5.32 Å². The lowest BCUT2D eigenvalue weighted by Gasteiger charge is -2.27. The van der Waals surface area contributed by atoms with E-state index in [0.29, 0.717) is 0 Å². The minimum atomic E-state index is -0.0450. The molecule has 1 unspecified atom stereocenters. The molecule has 1 atom stereocenters. The number of aromatic nitrogens is 3. The van der Waals surface area contributed by atoms with Gasteiger partial charge in [-0.05, 0) is 100.0 Å². The van der Waals surface area contributed by atoms with E-state index in [9.17, 15) is 0 Å². The third-order valence-corrected chi connectivity index (χ3v) is 12.1. The molecule has 0 spiro atoms. The first-order chi connectivity index (χ1) is 29.9. The number of benzene rings is 7. The first kappa shape index (κ1) is 36.4. The Morgan fingerprint density at radius 1 is 0.557 bits per heavy atom. The van der Waals surface area contributed by atoms with Crippen molar-refractivity contribution in [3.05, 3.63) is 217 Å². The van der Waals surface area contributed by atoms with Crippen LogP contribution in [0.5, 0.6) is 0 Å². The Bertz CT molecular complexity index is 3450. The third kappa shape index (κ3) is 6.54. The fourth-order valence-electron chi connectivity index (χ4n) is 9.09. The molecule has 0 saturated heterocycles. The Hall–Kier alpha value is -7.69. The Morgan fingerprint density at radius 2 is 1.18 bits per heavy atom. The zero-order valence-electron chi connectivity index (χ0n) is 34.2. The molecular formula is C57H42N4. The molecule has 0 amide bonds. The summed E-state index contributed by atoms with van der Waals surface area (Å²) in [5.74, 6) is 0. The number of hydrogen-bond acceptors (Lipinski definition) is 4. The van der Waals surface area contributed by atoms with Crippen molar-refractivity contribution in [1.29, 1.82) is 0 Å². The van der Waals surface area contributed by atoms with E-state index in [2.05, 4.69) is 202 Å². The highest BCUT2D eigenvalue weighted by Crippen LogP contribution is 2.40. The van der Waals surface area contributed by atoms with Crippen LogP contribution >= 0.6 is 0 Å². The second-order valence-electron chi connectivity index (χ2n) is 16.3. The van der Waals surface area contributed by atoms with Crippen molar-refractivity contribution in [3.8, 4) is 33.6 Å². The SMILES string of the molecule is C=C(C)Cc1c(C2=C(C)C=CC(c3ccc4ccc5cc(-c6ccc7ccc8ccc(-c9ccccc9)nc8c7n6)ccc5c4c3)N2)nc2ccccc2c1-c1ccccc1. The van der Waals surface area contributed by atoms with E-state index < -0.39 is 0 Å². The highest BCUT2D eigenvalue weighted by Gasteiger charge is 2.24. The lowest BCUT2D eigenvalue weighted by Crippen LogP contribution is -2.24. The molecule has 1 aliphatic heterocycles. The molecule has 0 saturated carbocycles. The molecule has 0 aliphatic carbocycles. The van der Waals surface area contributed by atoms with E-state index in [4.69, 9.17) is 15.0 Å². The van der Waals surface area contributed by atoms with Crippen LogP contribution < -0.4 is 5.32 Å². The lowest BCUT2D eigenvalue weighted by atomic mass is 9.88. The summed E-state index contributed by atoms with van der Waals surface area (Å²) >= 11 is 0. The van der Waals surface area contributed by atoms with Crippen molar-refractivity contribution >= 4 is 60.0 Å². The molecule has 7 aromatic carbocycles. The fraction of sp³-hybridized carbons (Fsp3) is 0.0702. The number of fused-ring (bicyclic) bond motifs is 7. The molecule has 3 aromatic heterocycles. The molecule has 1 aliphatic rings. The Morgan fingerprint density at radius 3 is 1.92 bits per heavy atom. The van der Waals surface area contributed by atoms with E-state index in [1.807, 2.05) is 6.07 Å². The van der Waals surface area contributed by atoms with Gasteiger partial charge in [-0.3, -0.25) is 0 Å². The number of nitrogens with one attached hydrogen (secondary N) is 1. The first-order valence-corrected chi connectivity index (χ1v) is 21.0. The number of dihydropyridines is 1. The quantitative estimate of drug-likeness (QED) is 0.129. The number of hydrogen-bond donors (Lipinski definition) is 1. The average Bonchev–Trinajstić information content (AvgIpc) is 3.31. The molecule has 290 valence electrons. The molecule has 4 nitrogen and oxygen atoms in total. The van der Waals surface area contributed by atoms with Crippen molar-refractivity contribution in [1.82, 2.24) is 20.3 Å². The summed E-state index contributed by atoms with van der Waals surface area (Å²) in [7, 11) is 0. The second kappa shape index (κ2) is 14.8. The number of pyridine rings is 3. The third-order valence-electron chi connectivity index (χ3n) is 12.1. The summed E-state index contributed by atoms with van der Waals surface area (Å²) in [6, 6.07) is 60.3. The summed E-state index contributed by atoms with van der Waals surface area (Å²) in [6.07, 6.45) is 5.25. The Balaban J connectivity index is 0.966. The van der Waals surface area contributed by atoms with Crippen LogP contribution in [-0.4, -0.2) is 15.0 Å². The van der Waals surface area contributed by atoms with Crippen LogP contribution in [0.25, 0.3) is 93.6 Å². The maximum absolute atomic E-state index is 5.38. The summed E-state index contributed by atoms with van der Waals surface area (Å²) in [5, 5.41) is 12.1. The molecule has 4 heteroatoms. The monoisotopic (exact) mass is 782 g/mol. The van der Waals surface area contributed by atoms with E-state index in [1.54, 1.807) is 0 Å². The van der Waals surface area contributed by atoms with Gasteiger partial charge in [0.1, 0.15) is 0 Å². The minimum Gasteiger partial charge on any atom is -0.373 e. The molecule has 11 rings (SSSR count). The molecule has 0 fully saturated rings. The molecule has 1 N–H and O–H groups in total. The van der Waals surface area contributed by atoms with Gasteiger partial charge in [-0.15, -0.1) is 0 Å². The smallest absolute Gasteiger partial charge is 0.0972 e. The molecule has 4 heterocycles. The molecule has 61 heavy (non-hydrogen) atoms. The van der Waals surface area contributed by atoms with Crippen molar-refractivity contribution in [3.63, 3.8) is 0 Å². The standard InChI is InChI=1S/C57H42N4/c1-35(2)32-48-53(39-14-8-5-9-15-39)46-16-10-11-17-52(46)61-57(48)54-36(3)18-29-50(58-54)44-24-20-37-19-23-42-33-43(25-28-45(42)47(37)34-44)51-31-27-41-22-21-40-26-30-49(38-12-6-4-7-13-38)59-55(40)56(41)60-51/h4-31,33-34,50,58H,1,32H2,2-3H3. The normalized spacial score (nSPS) is 14.0. The fourth-order valence-corrected chi connectivity index (χ4v) is 9.09. The van der Waals surface area contributed by atoms with Crippen LogP contribution in [0, 0.1) is 0 Å². The van der Waals surface area contributed by atoms with Gasteiger partial charge in [0, 0.05) is 27.3 Å². The largest absolute Gasteiger partial charge is 0.373 e. The molecule has 0 bridgehead atoms. The van der Waals surface area contributed by atoms with Crippen molar-refractivity contribution in [2.24, 2.45) is 0 Å². The molecule has 10 aromatic rings. The zero-order chi connectivity index (χ0) is 41.0. The summed E-state index contributed by atoms with van der Waals surface area (Å²) < 4.78 is 0. The number of nitrogens with zero attached hydrogens (tertiary/aromatic N) is 3. The van der Waals surface area contributed by atoms with Crippen molar-refractivity contribution < 1.29 is 0 Å². The van der Waals surface area contributed by atoms with Crippen LogP contribution in [0.3, 0.4) is 0 Å². The van der Waals surface area contributed by atoms with Crippen molar-refractivity contribution in [2.75, 3.05) is 0 Å². The minimum absolute atomic E-state index is 0.0450.